The molecule has 0 aliphatic rings. The van der Waals surface area contributed by atoms with Gasteiger partial charge in [0.1, 0.15) is 0 Å². The number of benzene rings is 2. The Hall–Kier alpha value is -0.300. The summed E-state index contributed by atoms with van der Waals surface area (Å²) in [7, 11) is 0. The van der Waals surface area contributed by atoms with Gasteiger partial charge in [0.2, 0.25) is 0 Å². The van der Waals surface area contributed by atoms with Crippen LogP contribution in [0.2, 0.25) is 0 Å². The molecule has 0 radical (unpaired) electrons. The summed E-state index contributed by atoms with van der Waals surface area (Å²) in [6.07, 6.45) is 0. The Balaban J connectivity index is 2.31. The molecule has 0 saturated heterocycles. The zero-order valence-electron chi connectivity index (χ0n) is 11.4. The highest BCUT2D eigenvalue weighted by Gasteiger charge is 2.04. The topological polar surface area (TPSA) is 24.7 Å². The Morgan fingerprint density at radius 3 is 1.23 bits per heavy atom. The van der Waals surface area contributed by atoms with Crippen LogP contribution in [-0.4, -0.2) is 22.1 Å². The van der Waals surface area contributed by atoms with Crippen molar-refractivity contribution in [3.63, 3.8) is 0 Å². The van der Waals surface area contributed by atoms with Gasteiger partial charge in [-0.05, 0) is 35.4 Å². The number of halogens is 4. The molecule has 0 unspecified atom stereocenters. The molecule has 0 aliphatic heterocycles. The van der Waals surface area contributed by atoms with Crippen molar-refractivity contribution in [2.75, 3.05) is 10.7 Å². The van der Waals surface area contributed by atoms with Crippen LogP contribution in [0.25, 0.3) is 0 Å². The molecule has 6 heteroatoms. The maximum Gasteiger partial charge on any atom is 0.0808 e. The molecule has 2 rings (SSSR count). The Kier molecular flexibility index (Phi) is 7.47. The molecule has 0 aromatic heterocycles. The summed E-state index contributed by atoms with van der Waals surface area (Å²) in [4.78, 5) is 0. The maximum absolute atomic E-state index is 4.41. The Labute approximate surface area is 163 Å². The number of hydrogen-bond acceptors (Lipinski definition) is 2. The summed E-state index contributed by atoms with van der Waals surface area (Å²) in [6, 6.07) is 16.1. The number of alkyl halides is 2. The van der Waals surface area contributed by atoms with Crippen molar-refractivity contribution in [1.82, 2.24) is 0 Å². The monoisotopic (exact) mass is 548 g/mol. The second kappa shape index (κ2) is 9.11. The minimum atomic E-state index is 0.647. The SMILES string of the molecule is BrC/C(=N/N=C(/CBr)c1ccc(Br)cc1)c1ccc(Br)cc1. The second-order valence-electron chi connectivity index (χ2n) is 4.37. The zero-order valence-corrected chi connectivity index (χ0v) is 17.8. The lowest BCUT2D eigenvalue weighted by atomic mass is 10.1. The summed E-state index contributed by atoms with van der Waals surface area (Å²) in [5.41, 5.74) is 3.88. The van der Waals surface area contributed by atoms with E-state index < -0.39 is 0 Å². The van der Waals surface area contributed by atoms with Gasteiger partial charge in [0, 0.05) is 19.6 Å². The predicted molar refractivity (Wildman–Crippen MR) is 109 cm³/mol. The first-order valence-electron chi connectivity index (χ1n) is 6.41. The van der Waals surface area contributed by atoms with E-state index in [0.29, 0.717) is 10.7 Å². The summed E-state index contributed by atoms with van der Waals surface area (Å²) >= 11 is 13.8. The first kappa shape index (κ1) is 18.0. The molecule has 22 heavy (non-hydrogen) atoms. The van der Waals surface area contributed by atoms with Gasteiger partial charge in [0.05, 0.1) is 11.4 Å². The lowest BCUT2D eigenvalue weighted by molar-refractivity contribution is 1.22. The third kappa shape index (κ3) is 5.11. The molecule has 2 nitrogen and oxygen atoms in total. The van der Waals surface area contributed by atoms with Crippen molar-refractivity contribution >= 4 is 75.1 Å². The van der Waals surface area contributed by atoms with E-state index in [4.69, 9.17) is 0 Å². The highest BCUT2D eigenvalue weighted by Crippen LogP contribution is 2.14. The van der Waals surface area contributed by atoms with E-state index in [1.165, 1.54) is 0 Å². The fraction of sp³-hybridized carbons (Fsp3) is 0.125. The van der Waals surface area contributed by atoms with Gasteiger partial charge in [-0.3, -0.25) is 0 Å². The van der Waals surface area contributed by atoms with Crippen molar-refractivity contribution in [1.29, 1.82) is 0 Å². The minimum absolute atomic E-state index is 0.647. The van der Waals surface area contributed by atoms with Gasteiger partial charge < -0.3 is 0 Å². The third-order valence-electron chi connectivity index (χ3n) is 2.90. The van der Waals surface area contributed by atoms with Gasteiger partial charge in [-0.25, -0.2) is 0 Å². The van der Waals surface area contributed by atoms with Crippen molar-refractivity contribution < 1.29 is 0 Å². The Morgan fingerprint density at radius 2 is 0.955 bits per heavy atom. The number of nitrogens with zero attached hydrogens (tertiary/aromatic N) is 2. The fourth-order valence-electron chi connectivity index (χ4n) is 1.73. The van der Waals surface area contributed by atoms with Crippen molar-refractivity contribution in [3.05, 3.63) is 68.6 Å². The van der Waals surface area contributed by atoms with Gasteiger partial charge >= 0.3 is 0 Å². The molecule has 0 atom stereocenters. The van der Waals surface area contributed by atoms with Crippen molar-refractivity contribution in [3.8, 4) is 0 Å². The fourth-order valence-corrected chi connectivity index (χ4v) is 3.13. The molecule has 2 aromatic carbocycles. The Morgan fingerprint density at radius 1 is 0.636 bits per heavy atom. The molecule has 0 N–H and O–H groups in total. The van der Waals surface area contributed by atoms with Crippen LogP contribution in [0.4, 0.5) is 0 Å². The van der Waals surface area contributed by atoms with Crippen LogP contribution >= 0.6 is 63.7 Å². The summed E-state index contributed by atoms with van der Waals surface area (Å²) in [5, 5.41) is 10.1. The van der Waals surface area contributed by atoms with Crippen LogP contribution in [0, 0.1) is 0 Å². The molecule has 0 saturated carbocycles. The van der Waals surface area contributed by atoms with Gasteiger partial charge in [-0.1, -0.05) is 88.0 Å². The summed E-state index contributed by atoms with van der Waals surface area (Å²) in [5.74, 6) is 0. The van der Waals surface area contributed by atoms with Gasteiger partial charge in [0.25, 0.3) is 0 Å². The zero-order chi connectivity index (χ0) is 15.9. The molecule has 0 amide bonds. The highest BCUT2D eigenvalue weighted by atomic mass is 79.9. The molecule has 0 fully saturated rings. The molecular weight excluding hydrogens is 540 g/mol. The lowest BCUT2D eigenvalue weighted by Gasteiger charge is -2.04. The third-order valence-corrected chi connectivity index (χ3v) is 5.02. The predicted octanol–water partition coefficient (Wildman–Crippen LogP) is 6.19. The summed E-state index contributed by atoms with van der Waals surface area (Å²) in [6.45, 7) is 0. The number of hydrogen-bond donors (Lipinski definition) is 0. The molecule has 0 bridgehead atoms. The first-order valence-corrected chi connectivity index (χ1v) is 10.2. The highest BCUT2D eigenvalue weighted by molar-refractivity contribution is 9.11. The van der Waals surface area contributed by atoms with Crippen LogP contribution in [0.5, 0.6) is 0 Å². The minimum Gasteiger partial charge on any atom is -0.154 e. The van der Waals surface area contributed by atoms with Gasteiger partial charge in [-0.2, -0.15) is 10.2 Å². The maximum atomic E-state index is 4.41. The smallest absolute Gasteiger partial charge is 0.0808 e. The lowest BCUT2D eigenvalue weighted by Crippen LogP contribution is -2.05. The largest absolute Gasteiger partial charge is 0.154 e. The van der Waals surface area contributed by atoms with E-state index in [1.54, 1.807) is 0 Å². The van der Waals surface area contributed by atoms with Crippen molar-refractivity contribution in [2.45, 2.75) is 0 Å². The molecule has 2 aromatic rings. The molecule has 114 valence electrons. The molecular formula is C16H12Br4N2. The molecule has 0 aliphatic carbocycles. The van der Waals surface area contributed by atoms with Crippen LogP contribution in [0.15, 0.2) is 67.7 Å². The van der Waals surface area contributed by atoms with Crippen LogP contribution in [0.1, 0.15) is 11.1 Å². The first-order chi connectivity index (χ1) is 10.6. The van der Waals surface area contributed by atoms with E-state index >= 15 is 0 Å². The van der Waals surface area contributed by atoms with E-state index in [9.17, 15) is 0 Å². The van der Waals surface area contributed by atoms with E-state index in [0.717, 1.165) is 31.5 Å². The number of rotatable bonds is 5. The van der Waals surface area contributed by atoms with Crippen LogP contribution in [-0.2, 0) is 0 Å². The van der Waals surface area contributed by atoms with Crippen LogP contribution in [0.3, 0.4) is 0 Å². The Bertz CT molecular complexity index is 615. The summed E-state index contributed by atoms with van der Waals surface area (Å²) < 4.78 is 2.09. The molecule has 0 heterocycles. The standard InChI is InChI=1S/C16H12Br4N2/c17-9-15(11-1-5-13(19)6-2-11)21-22-16(10-18)12-3-7-14(20)8-4-12/h1-8H,9-10H2/b21-15-,22-16-. The normalized spacial score (nSPS) is 12.5. The molecule has 0 spiro atoms. The average molecular weight is 552 g/mol. The average Bonchev–Trinajstić information content (AvgIpc) is 2.54. The van der Waals surface area contributed by atoms with Crippen LogP contribution < -0.4 is 0 Å². The van der Waals surface area contributed by atoms with E-state index in [-0.39, 0.29) is 0 Å². The van der Waals surface area contributed by atoms with Gasteiger partial charge in [-0.15, -0.1) is 0 Å². The van der Waals surface area contributed by atoms with E-state index in [2.05, 4.69) is 73.9 Å². The van der Waals surface area contributed by atoms with Crippen molar-refractivity contribution in [2.24, 2.45) is 10.2 Å². The van der Waals surface area contributed by atoms with Gasteiger partial charge in [0.15, 0.2) is 0 Å². The van der Waals surface area contributed by atoms with E-state index in [1.807, 2.05) is 48.5 Å². The second-order valence-corrected chi connectivity index (χ2v) is 7.33. The quantitative estimate of drug-likeness (QED) is 0.240.